The van der Waals surface area contributed by atoms with Crippen molar-refractivity contribution < 1.29 is 4.42 Å². The molecular formula is C35H22N2O. The number of fused-ring (bicyclic) bond motifs is 6. The first-order chi connectivity index (χ1) is 18.9. The van der Waals surface area contributed by atoms with E-state index in [2.05, 4.69) is 113 Å². The quantitative estimate of drug-likeness (QED) is 0.249. The monoisotopic (exact) mass is 486 g/mol. The molecule has 0 atom stereocenters. The standard InChI is InChI=1S/C35H22N2O/c1-5-16-30(37-31-17-6-2-13-27(31)28-14-3-7-18-32(28)37)25(12-1)23-10-9-11-24(22-23)26-20-21-36-34-29-15-4-8-19-33(29)38-35(26)34/h1-22H. The van der Waals surface area contributed by atoms with Crippen molar-refractivity contribution in [3.05, 3.63) is 134 Å². The van der Waals surface area contributed by atoms with Crippen LogP contribution in [0, 0.1) is 0 Å². The zero-order valence-corrected chi connectivity index (χ0v) is 20.5. The Balaban J connectivity index is 1.35. The van der Waals surface area contributed by atoms with Crippen molar-refractivity contribution in [2.45, 2.75) is 0 Å². The van der Waals surface area contributed by atoms with Crippen molar-refractivity contribution in [3.8, 4) is 27.9 Å². The summed E-state index contributed by atoms with van der Waals surface area (Å²) in [5, 5.41) is 3.56. The third kappa shape index (κ3) is 3.06. The van der Waals surface area contributed by atoms with Gasteiger partial charge in [-0.05, 0) is 53.6 Å². The minimum absolute atomic E-state index is 0.821. The van der Waals surface area contributed by atoms with Crippen LogP contribution in [0.25, 0.3) is 71.8 Å². The van der Waals surface area contributed by atoms with Gasteiger partial charge in [0.05, 0.1) is 16.7 Å². The first-order valence-electron chi connectivity index (χ1n) is 12.8. The predicted octanol–water partition coefficient (Wildman–Crippen LogP) is 9.41. The van der Waals surface area contributed by atoms with Crippen molar-refractivity contribution >= 4 is 43.9 Å². The van der Waals surface area contributed by atoms with Crippen LogP contribution in [0.5, 0.6) is 0 Å². The smallest absolute Gasteiger partial charge is 0.161 e. The van der Waals surface area contributed by atoms with E-state index in [4.69, 9.17) is 4.42 Å². The molecule has 3 heterocycles. The van der Waals surface area contributed by atoms with E-state index in [-0.39, 0.29) is 0 Å². The predicted molar refractivity (Wildman–Crippen MR) is 157 cm³/mol. The Labute approximate surface area is 219 Å². The highest BCUT2D eigenvalue weighted by molar-refractivity contribution is 6.10. The summed E-state index contributed by atoms with van der Waals surface area (Å²) in [6, 6.07) is 44.8. The van der Waals surface area contributed by atoms with E-state index in [1.54, 1.807) is 0 Å². The maximum Gasteiger partial charge on any atom is 0.161 e. The highest BCUT2D eigenvalue weighted by Gasteiger charge is 2.17. The Morgan fingerprint density at radius 1 is 0.526 bits per heavy atom. The van der Waals surface area contributed by atoms with E-state index in [9.17, 15) is 0 Å². The lowest BCUT2D eigenvalue weighted by Crippen LogP contribution is -1.97. The fourth-order valence-electron chi connectivity index (χ4n) is 5.78. The average molecular weight is 487 g/mol. The molecule has 0 aliphatic heterocycles. The maximum absolute atomic E-state index is 6.30. The molecule has 5 aromatic carbocycles. The summed E-state index contributed by atoms with van der Waals surface area (Å²) in [6.07, 6.45) is 1.87. The topological polar surface area (TPSA) is 31.0 Å². The Kier molecular flexibility index (Phi) is 4.52. The molecule has 8 aromatic rings. The summed E-state index contributed by atoms with van der Waals surface area (Å²) in [6.45, 7) is 0. The van der Waals surface area contributed by atoms with E-state index < -0.39 is 0 Å². The van der Waals surface area contributed by atoms with Crippen LogP contribution in [0.4, 0.5) is 0 Å². The molecule has 3 heteroatoms. The third-order valence-electron chi connectivity index (χ3n) is 7.47. The first kappa shape index (κ1) is 21.0. The van der Waals surface area contributed by atoms with Crippen molar-refractivity contribution in [1.82, 2.24) is 9.55 Å². The number of para-hydroxylation sites is 4. The average Bonchev–Trinajstić information content (AvgIpc) is 3.53. The Morgan fingerprint density at radius 2 is 1.16 bits per heavy atom. The fraction of sp³-hybridized carbons (Fsp3) is 0. The minimum atomic E-state index is 0.821. The Morgan fingerprint density at radius 3 is 1.95 bits per heavy atom. The van der Waals surface area contributed by atoms with Crippen molar-refractivity contribution in [3.63, 3.8) is 0 Å². The van der Waals surface area contributed by atoms with Crippen LogP contribution in [-0.4, -0.2) is 9.55 Å². The number of hydrogen-bond acceptors (Lipinski definition) is 2. The second kappa shape index (κ2) is 8.19. The van der Waals surface area contributed by atoms with Crippen molar-refractivity contribution in [1.29, 1.82) is 0 Å². The van der Waals surface area contributed by atoms with E-state index >= 15 is 0 Å². The third-order valence-corrected chi connectivity index (χ3v) is 7.47. The molecule has 3 nitrogen and oxygen atoms in total. The molecule has 3 aromatic heterocycles. The maximum atomic E-state index is 6.30. The van der Waals surface area contributed by atoms with Gasteiger partial charge in [0.15, 0.2) is 5.58 Å². The van der Waals surface area contributed by atoms with E-state index in [0.29, 0.717) is 0 Å². The van der Waals surface area contributed by atoms with Crippen LogP contribution >= 0.6 is 0 Å². The first-order valence-corrected chi connectivity index (χ1v) is 12.8. The van der Waals surface area contributed by atoms with E-state index in [0.717, 1.165) is 44.4 Å². The molecule has 0 unspecified atom stereocenters. The molecule has 0 fully saturated rings. The van der Waals surface area contributed by atoms with E-state index in [1.807, 2.05) is 30.5 Å². The van der Waals surface area contributed by atoms with Gasteiger partial charge in [-0.15, -0.1) is 0 Å². The largest absolute Gasteiger partial charge is 0.454 e. The molecule has 38 heavy (non-hydrogen) atoms. The summed E-state index contributed by atoms with van der Waals surface area (Å²) in [5.41, 5.74) is 10.6. The van der Waals surface area contributed by atoms with Crippen LogP contribution in [0.15, 0.2) is 138 Å². The Bertz CT molecular complexity index is 2090. The molecule has 0 amide bonds. The lowest BCUT2D eigenvalue weighted by Gasteiger charge is -2.15. The van der Waals surface area contributed by atoms with Gasteiger partial charge >= 0.3 is 0 Å². The van der Waals surface area contributed by atoms with Gasteiger partial charge in [-0.1, -0.05) is 84.9 Å². The molecule has 0 aliphatic rings. The van der Waals surface area contributed by atoms with Gasteiger partial charge in [0.1, 0.15) is 11.1 Å². The number of rotatable bonds is 3. The second-order valence-electron chi connectivity index (χ2n) is 9.60. The molecule has 0 radical (unpaired) electrons. The minimum Gasteiger partial charge on any atom is -0.454 e. The number of hydrogen-bond donors (Lipinski definition) is 0. The lowest BCUT2D eigenvalue weighted by molar-refractivity contribution is 0.669. The van der Waals surface area contributed by atoms with Gasteiger partial charge in [-0.25, -0.2) is 0 Å². The molecule has 0 N–H and O–H groups in total. The van der Waals surface area contributed by atoms with Gasteiger partial charge in [0.2, 0.25) is 0 Å². The van der Waals surface area contributed by atoms with Crippen LogP contribution in [0.2, 0.25) is 0 Å². The summed E-state index contributed by atoms with van der Waals surface area (Å²) in [4.78, 5) is 4.64. The molecule has 178 valence electrons. The number of aromatic nitrogens is 2. The molecule has 0 saturated carbocycles. The lowest BCUT2D eigenvalue weighted by atomic mass is 9.97. The van der Waals surface area contributed by atoms with Gasteiger partial charge in [0.25, 0.3) is 0 Å². The number of furan rings is 1. The molecule has 0 aliphatic carbocycles. The zero-order valence-electron chi connectivity index (χ0n) is 20.5. The number of nitrogens with zero attached hydrogens (tertiary/aromatic N) is 2. The molecule has 0 bridgehead atoms. The summed E-state index contributed by atoms with van der Waals surface area (Å²) >= 11 is 0. The van der Waals surface area contributed by atoms with Crippen molar-refractivity contribution in [2.75, 3.05) is 0 Å². The number of benzene rings is 5. The Hall–Kier alpha value is -5.15. The van der Waals surface area contributed by atoms with Crippen LogP contribution in [-0.2, 0) is 0 Å². The second-order valence-corrected chi connectivity index (χ2v) is 9.60. The number of pyridine rings is 1. The molecule has 0 spiro atoms. The molecular weight excluding hydrogens is 464 g/mol. The fourth-order valence-corrected chi connectivity index (χ4v) is 5.78. The highest BCUT2D eigenvalue weighted by atomic mass is 16.3. The van der Waals surface area contributed by atoms with Gasteiger partial charge in [-0.2, -0.15) is 0 Å². The summed E-state index contributed by atoms with van der Waals surface area (Å²) in [7, 11) is 0. The highest BCUT2D eigenvalue weighted by Crippen LogP contribution is 2.39. The van der Waals surface area contributed by atoms with Crippen LogP contribution in [0.3, 0.4) is 0 Å². The van der Waals surface area contributed by atoms with Crippen LogP contribution < -0.4 is 0 Å². The SMILES string of the molecule is c1cc(-c2ccccc2-n2c3ccccc3c3ccccc32)cc(-c2ccnc3c2oc2ccccc23)c1. The van der Waals surface area contributed by atoms with Gasteiger partial charge < -0.3 is 8.98 Å². The van der Waals surface area contributed by atoms with Crippen molar-refractivity contribution in [2.24, 2.45) is 0 Å². The normalized spacial score (nSPS) is 11.7. The van der Waals surface area contributed by atoms with E-state index in [1.165, 1.54) is 27.4 Å². The summed E-state index contributed by atoms with van der Waals surface area (Å²) in [5.74, 6) is 0. The zero-order chi connectivity index (χ0) is 25.1. The molecule has 8 rings (SSSR count). The van der Waals surface area contributed by atoms with Gasteiger partial charge in [-0.3, -0.25) is 4.98 Å². The summed E-state index contributed by atoms with van der Waals surface area (Å²) < 4.78 is 8.68. The van der Waals surface area contributed by atoms with Crippen LogP contribution in [0.1, 0.15) is 0 Å². The molecule has 0 saturated heterocycles. The van der Waals surface area contributed by atoms with Gasteiger partial charge in [0, 0.05) is 33.5 Å².